The Balaban J connectivity index is 3.70. The second kappa shape index (κ2) is 3.80. The number of carbonyl (C=O) groups excluding carboxylic acids is 1. The maximum Gasteiger partial charge on any atom is 0.412 e. The fourth-order valence-electron chi connectivity index (χ4n) is 0.398. The molecule has 0 heterocycles. The SMILES string of the molecule is CC(C)(C)OC(=O)NC=NN. The lowest BCUT2D eigenvalue weighted by molar-refractivity contribution is 0.0565. The van der Waals surface area contributed by atoms with Gasteiger partial charge < -0.3 is 10.6 Å². The third-order valence-electron chi connectivity index (χ3n) is 0.656. The molecule has 0 saturated carbocycles. The number of carbonyl (C=O) groups is 1. The van der Waals surface area contributed by atoms with Gasteiger partial charge in [-0.1, -0.05) is 0 Å². The Hall–Kier alpha value is -1.26. The molecule has 1 amide bonds. The summed E-state index contributed by atoms with van der Waals surface area (Å²) in [5.74, 6) is 4.74. The summed E-state index contributed by atoms with van der Waals surface area (Å²) < 4.78 is 4.84. The number of hydrogen-bond donors (Lipinski definition) is 2. The van der Waals surface area contributed by atoms with Gasteiger partial charge in [0.15, 0.2) is 0 Å². The summed E-state index contributed by atoms with van der Waals surface area (Å²) in [6, 6.07) is 0. The third kappa shape index (κ3) is 6.63. The van der Waals surface area contributed by atoms with Crippen molar-refractivity contribution < 1.29 is 9.53 Å². The van der Waals surface area contributed by atoms with Crippen LogP contribution in [0.15, 0.2) is 5.10 Å². The fraction of sp³-hybridized carbons (Fsp3) is 0.667. The predicted octanol–water partition coefficient (Wildman–Crippen LogP) is 0.413. The van der Waals surface area contributed by atoms with E-state index in [1.165, 1.54) is 0 Å². The highest BCUT2D eigenvalue weighted by molar-refractivity contribution is 5.81. The first-order chi connectivity index (χ1) is 4.95. The molecule has 0 spiro atoms. The van der Waals surface area contributed by atoms with E-state index in [4.69, 9.17) is 10.6 Å². The average molecular weight is 159 g/mol. The molecule has 0 aromatic carbocycles. The van der Waals surface area contributed by atoms with Gasteiger partial charge in [0.25, 0.3) is 0 Å². The number of nitrogens with one attached hydrogen (secondary N) is 1. The van der Waals surface area contributed by atoms with E-state index in [0.29, 0.717) is 0 Å². The molecule has 0 aromatic rings. The van der Waals surface area contributed by atoms with Gasteiger partial charge in [0, 0.05) is 0 Å². The molecule has 5 nitrogen and oxygen atoms in total. The van der Waals surface area contributed by atoms with Gasteiger partial charge in [-0.15, -0.1) is 0 Å². The zero-order valence-electron chi connectivity index (χ0n) is 6.92. The van der Waals surface area contributed by atoms with Crippen LogP contribution in [0.4, 0.5) is 4.79 Å². The van der Waals surface area contributed by atoms with Gasteiger partial charge in [-0.3, -0.25) is 5.32 Å². The van der Waals surface area contributed by atoms with Gasteiger partial charge >= 0.3 is 6.09 Å². The normalized spacial score (nSPS) is 11.5. The van der Waals surface area contributed by atoms with Crippen molar-refractivity contribution in [3.05, 3.63) is 0 Å². The van der Waals surface area contributed by atoms with E-state index in [2.05, 4.69) is 10.4 Å². The van der Waals surface area contributed by atoms with Crippen LogP contribution in [0.5, 0.6) is 0 Å². The Morgan fingerprint density at radius 1 is 1.64 bits per heavy atom. The second-order valence-electron chi connectivity index (χ2n) is 2.92. The minimum Gasteiger partial charge on any atom is -0.444 e. The zero-order valence-corrected chi connectivity index (χ0v) is 6.92. The molecule has 3 N–H and O–H groups in total. The lowest BCUT2D eigenvalue weighted by Gasteiger charge is -2.18. The average Bonchev–Trinajstić information content (AvgIpc) is 1.79. The molecule has 64 valence electrons. The highest BCUT2D eigenvalue weighted by Gasteiger charge is 2.14. The van der Waals surface area contributed by atoms with E-state index in [1.807, 2.05) is 0 Å². The van der Waals surface area contributed by atoms with Crippen molar-refractivity contribution in [2.75, 3.05) is 0 Å². The molecule has 0 atom stereocenters. The van der Waals surface area contributed by atoms with Gasteiger partial charge in [-0.25, -0.2) is 4.79 Å². The van der Waals surface area contributed by atoms with Gasteiger partial charge in [0.1, 0.15) is 11.9 Å². The van der Waals surface area contributed by atoms with Gasteiger partial charge in [-0.05, 0) is 20.8 Å². The summed E-state index contributed by atoms with van der Waals surface area (Å²) in [5, 5.41) is 5.28. The Bertz CT molecular complexity index is 160. The van der Waals surface area contributed by atoms with Crippen molar-refractivity contribution in [2.45, 2.75) is 26.4 Å². The molecule has 0 rings (SSSR count). The molecule has 0 aromatic heterocycles. The maximum absolute atomic E-state index is 10.7. The van der Waals surface area contributed by atoms with Crippen LogP contribution in [0.3, 0.4) is 0 Å². The lowest BCUT2D eigenvalue weighted by Crippen LogP contribution is -2.31. The molecule has 0 fully saturated rings. The number of hydrogen-bond acceptors (Lipinski definition) is 4. The summed E-state index contributed by atoms with van der Waals surface area (Å²) in [6.45, 7) is 5.31. The Kier molecular flexibility index (Phi) is 3.36. The van der Waals surface area contributed by atoms with E-state index < -0.39 is 11.7 Å². The number of alkyl carbamates (subject to hydrolysis) is 1. The fourth-order valence-corrected chi connectivity index (χ4v) is 0.398. The largest absolute Gasteiger partial charge is 0.444 e. The summed E-state index contributed by atoms with van der Waals surface area (Å²) in [5.41, 5.74) is -0.494. The third-order valence-corrected chi connectivity index (χ3v) is 0.656. The molecular formula is C6H13N3O2. The molecule has 0 bridgehead atoms. The molecule has 0 aliphatic heterocycles. The zero-order chi connectivity index (χ0) is 8.91. The van der Waals surface area contributed by atoms with Crippen molar-refractivity contribution in [2.24, 2.45) is 10.9 Å². The minimum atomic E-state index is -0.563. The first kappa shape index (κ1) is 9.74. The van der Waals surface area contributed by atoms with Crippen molar-refractivity contribution in [3.8, 4) is 0 Å². The van der Waals surface area contributed by atoms with E-state index in [1.54, 1.807) is 20.8 Å². The smallest absolute Gasteiger partial charge is 0.412 e. The number of hydrazone groups is 1. The van der Waals surface area contributed by atoms with Crippen molar-refractivity contribution in [1.29, 1.82) is 0 Å². The Morgan fingerprint density at radius 2 is 2.18 bits per heavy atom. The van der Waals surface area contributed by atoms with Crippen LogP contribution in [0.1, 0.15) is 20.8 Å². The van der Waals surface area contributed by atoms with Crippen molar-refractivity contribution in [1.82, 2.24) is 5.32 Å². The van der Waals surface area contributed by atoms with E-state index in [9.17, 15) is 4.79 Å². The highest BCUT2D eigenvalue weighted by Crippen LogP contribution is 2.05. The number of nitrogens with two attached hydrogens (primary N) is 1. The molecular weight excluding hydrogens is 146 g/mol. The maximum atomic E-state index is 10.7. The van der Waals surface area contributed by atoms with Gasteiger partial charge in [0.2, 0.25) is 0 Å². The number of ether oxygens (including phenoxy) is 1. The summed E-state index contributed by atoms with van der Waals surface area (Å²) >= 11 is 0. The van der Waals surface area contributed by atoms with Crippen LogP contribution in [0.25, 0.3) is 0 Å². The van der Waals surface area contributed by atoms with Crippen LogP contribution in [0, 0.1) is 0 Å². The van der Waals surface area contributed by atoms with Crippen molar-refractivity contribution >= 4 is 12.4 Å². The van der Waals surface area contributed by atoms with Crippen LogP contribution >= 0.6 is 0 Å². The Morgan fingerprint density at radius 3 is 2.55 bits per heavy atom. The predicted molar refractivity (Wildman–Crippen MR) is 42.0 cm³/mol. The van der Waals surface area contributed by atoms with Crippen LogP contribution in [0.2, 0.25) is 0 Å². The summed E-state index contributed by atoms with van der Waals surface area (Å²) in [7, 11) is 0. The molecule has 0 saturated heterocycles. The second-order valence-corrected chi connectivity index (χ2v) is 2.92. The number of rotatable bonds is 1. The molecule has 0 radical (unpaired) electrons. The molecule has 11 heavy (non-hydrogen) atoms. The van der Waals surface area contributed by atoms with Crippen LogP contribution in [-0.2, 0) is 4.74 Å². The lowest BCUT2D eigenvalue weighted by atomic mass is 10.2. The quantitative estimate of drug-likeness (QED) is 0.252. The number of amides is 1. The van der Waals surface area contributed by atoms with Crippen molar-refractivity contribution in [3.63, 3.8) is 0 Å². The highest BCUT2D eigenvalue weighted by atomic mass is 16.6. The standard InChI is InChI=1S/C6H13N3O2/c1-6(2,3)11-5(10)8-4-9-7/h4H,7H2,1-3H3,(H,8,9,10). The van der Waals surface area contributed by atoms with E-state index in [0.717, 1.165) is 6.34 Å². The molecule has 0 aliphatic carbocycles. The van der Waals surface area contributed by atoms with E-state index in [-0.39, 0.29) is 0 Å². The molecule has 5 heteroatoms. The molecule has 0 unspecified atom stereocenters. The van der Waals surface area contributed by atoms with E-state index >= 15 is 0 Å². The van der Waals surface area contributed by atoms with Gasteiger partial charge in [-0.2, -0.15) is 5.10 Å². The molecule has 0 aliphatic rings. The van der Waals surface area contributed by atoms with Crippen LogP contribution in [-0.4, -0.2) is 18.0 Å². The van der Waals surface area contributed by atoms with Gasteiger partial charge in [0.05, 0.1) is 0 Å². The first-order valence-electron chi connectivity index (χ1n) is 3.17. The number of nitrogens with zero attached hydrogens (tertiary/aromatic N) is 1. The Labute approximate surface area is 65.6 Å². The van der Waals surface area contributed by atoms with Crippen LogP contribution < -0.4 is 11.2 Å². The summed E-state index contributed by atoms with van der Waals surface area (Å²) in [6.07, 6.45) is 0.500. The summed E-state index contributed by atoms with van der Waals surface area (Å²) in [4.78, 5) is 10.7. The minimum absolute atomic E-state index is 0.494. The topological polar surface area (TPSA) is 76.7 Å². The first-order valence-corrected chi connectivity index (χ1v) is 3.17. The monoisotopic (exact) mass is 159 g/mol.